The van der Waals surface area contributed by atoms with Crippen LogP contribution in [0.15, 0.2) is 9.72 Å². The van der Waals surface area contributed by atoms with E-state index in [1.807, 2.05) is 6.92 Å². The average molecular weight is 318 g/mol. The number of ether oxygens (including phenoxy) is 1. The fraction of sp³-hybridized carbons (Fsp3) is 0.667. The number of sulfonamides is 1. The molecule has 112 valence electrons. The van der Waals surface area contributed by atoms with Gasteiger partial charge in [0.25, 0.3) is 10.0 Å². The molecule has 20 heavy (non-hydrogen) atoms. The number of esters is 1. The first-order chi connectivity index (χ1) is 9.52. The molecule has 0 amide bonds. The number of carbonyl (C=O) groups is 1. The van der Waals surface area contributed by atoms with E-state index in [-0.39, 0.29) is 15.9 Å². The lowest BCUT2D eigenvalue weighted by Gasteiger charge is -2.33. The lowest BCUT2D eigenvalue weighted by molar-refractivity contribution is 0.0590. The summed E-state index contributed by atoms with van der Waals surface area (Å²) in [5, 5.41) is 0. The van der Waals surface area contributed by atoms with Gasteiger partial charge in [-0.15, -0.1) is 11.3 Å². The van der Waals surface area contributed by atoms with Crippen LogP contribution in [0.2, 0.25) is 0 Å². The summed E-state index contributed by atoms with van der Waals surface area (Å²) >= 11 is 0.965. The molecule has 1 aliphatic rings. The molecular weight excluding hydrogens is 300 g/mol. The normalized spacial score (nSPS) is 20.8. The molecule has 1 aromatic rings. The van der Waals surface area contributed by atoms with Crippen molar-refractivity contribution < 1.29 is 17.9 Å². The first-order valence-corrected chi connectivity index (χ1v) is 8.88. The van der Waals surface area contributed by atoms with Crippen LogP contribution in [0.5, 0.6) is 0 Å². The van der Waals surface area contributed by atoms with Crippen LogP contribution in [0, 0.1) is 0 Å². The molecule has 0 aliphatic carbocycles. The van der Waals surface area contributed by atoms with Gasteiger partial charge in [-0.05, 0) is 19.3 Å². The summed E-state index contributed by atoms with van der Waals surface area (Å²) in [6.45, 7) is 2.48. The van der Waals surface area contributed by atoms with Crippen LogP contribution in [0.3, 0.4) is 0 Å². The summed E-state index contributed by atoms with van der Waals surface area (Å²) in [4.78, 5) is 15.5. The van der Waals surface area contributed by atoms with Crippen molar-refractivity contribution in [2.24, 2.45) is 0 Å². The molecule has 1 aliphatic heterocycles. The van der Waals surface area contributed by atoms with Crippen molar-refractivity contribution in [2.45, 2.75) is 42.9 Å². The summed E-state index contributed by atoms with van der Waals surface area (Å²) < 4.78 is 31.6. The summed E-state index contributed by atoms with van der Waals surface area (Å²) in [6.07, 6.45) is 3.52. The quantitative estimate of drug-likeness (QED) is 0.792. The van der Waals surface area contributed by atoms with E-state index in [4.69, 9.17) is 0 Å². The Hall–Kier alpha value is -0.990. The number of aromatic nitrogens is 1. The number of hydrogen-bond donors (Lipinski definition) is 0. The molecule has 2 heterocycles. The predicted molar refractivity (Wildman–Crippen MR) is 75.3 cm³/mol. The second kappa shape index (κ2) is 6.19. The smallest absolute Gasteiger partial charge is 0.358 e. The number of carbonyl (C=O) groups excluding carboxylic acids is 1. The van der Waals surface area contributed by atoms with Crippen molar-refractivity contribution in [3.8, 4) is 0 Å². The zero-order chi connectivity index (χ0) is 14.8. The molecule has 1 fully saturated rings. The molecule has 1 unspecified atom stereocenters. The summed E-state index contributed by atoms with van der Waals surface area (Å²) in [6, 6.07) is 0.00125. The lowest BCUT2D eigenvalue weighted by atomic mass is 10.0. The zero-order valence-corrected chi connectivity index (χ0v) is 13.2. The van der Waals surface area contributed by atoms with Gasteiger partial charge in [-0.3, -0.25) is 0 Å². The molecule has 0 saturated carbocycles. The Kier molecular flexibility index (Phi) is 4.77. The fourth-order valence-electron chi connectivity index (χ4n) is 2.46. The van der Waals surface area contributed by atoms with E-state index in [9.17, 15) is 13.2 Å². The number of nitrogens with zero attached hydrogens (tertiary/aromatic N) is 2. The van der Waals surface area contributed by atoms with E-state index in [1.54, 1.807) is 0 Å². The Bertz CT molecular complexity index is 582. The highest BCUT2D eigenvalue weighted by atomic mass is 32.2. The van der Waals surface area contributed by atoms with Crippen molar-refractivity contribution in [1.82, 2.24) is 9.29 Å². The van der Waals surface area contributed by atoms with Crippen molar-refractivity contribution in [3.63, 3.8) is 0 Å². The van der Waals surface area contributed by atoms with Gasteiger partial charge in [-0.1, -0.05) is 13.3 Å². The largest absolute Gasteiger partial charge is 0.464 e. The maximum Gasteiger partial charge on any atom is 0.358 e. The molecule has 0 N–H and O–H groups in total. The van der Waals surface area contributed by atoms with Crippen LogP contribution >= 0.6 is 11.3 Å². The van der Waals surface area contributed by atoms with Crippen LogP contribution < -0.4 is 0 Å². The molecule has 8 heteroatoms. The second-order valence-electron chi connectivity index (χ2n) is 4.65. The van der Waals surface area contributed by atoms with Crippen LogP contribution in [-0.2, 0) is 14.8 Å². The van der Waals surface area contributed by atoms with Gasteiger partial charge in [-0.2, -0.15) is 4.31 Å². The molecule has 6 nitrogen and oxygen atoms in total. The summed E-state index contributed by atoms with van der Waals surface area (Å²) in [5.74, 6) is -0.713. The Balaban J connectivity index is 2.39. The highest BCUT2D eigenvalue weighted by Gasteiger charge is 2.36. The number of piperidine rings is 1. The van der Waals surface area contributed by atoms with Crippen LogP contribution in [0.25, 0.3) is 0 Å². The maximum absolute atomic E-state index is 12.7. The van der Waals surface area contributed by atoms with E-state index >= 15 is 0 Å². The predicted octanol–water partition coefficient (Wildman–Crippen LogP) is 1.88. The van der Waals surface area contributed by atoms with E-state index in [0.29, 0.717) is 6.54 Å². The molecule has 1 aromatic heterocycles. The van der Waals surface area contributed by atoms with Crippen LogP contribution in [0.4, 0.5) is 0 Å². The van der Waals surface area contributed by atoms with Gasteiger partial charge < -0.3 is 4.74 Å². The summed E-state index contributed by atoms with van der Waals surface area (Å²) in [5.41, 5.74) is 1.25. The van der Waals surface area contributed by atoms with Gasteiger partial charge in [-0.25, -0.2) is 18.2 Å². The molecule has 0 aromatic carbocycles. The zero-order valence-electron chi connectivity index (χ0n) is 11.5. The number of thiazole rings is 1. The second-order valence-corrected chi connectivity index (χ2v) is 7.59. The van der Waals surface area contributed by atoms with Crippen LogP contribution in [0.1, 0.15) is 43.1 Å². The fourth-order valence-corrected chi connectivity index (χ4v) is 5.47. The lowest BCUT2D eigenvalue weighted by Crippen LogP contribution is -2.43. The number of rotatable bonds is 4. The topological polar surface area (TPSA) is 76.6 Å². The number of hydrogen-bond acceptors (Lipinski definition) is 6. The van der Waals surface area contributed by atoms with E-state index < -0.39 is 16.0 Å². The van der Waals surface area contributed by atoms with Gasteiger partial charge in [0.2, 0.25) is 0 Å². The SMILES string of the molecule is CCC1CCCCN1S(=O)(=O)c1scnc1C(=O)OC. The van der Waals surface area contributed by atoms with E-state index in [2.05, 4.69) is 9.72 Å². The molecule has 0 radical (unpaired) electrons. The van der Waals surface area contributed by atoms with E-state index in [1.165, 1.54) is 16.9 Å². The number of methoxy groups -OCH3 is 1. The molecule has 1 saturated heterocycles. The first kappa shape index (κ1) is 15.4. The molecule has 0 spiro atoms. The Labute approximate surface area is 122 Å². The Morgan fingerprint density at radius 2 is 2.30 bits per heavy atom. The first-order valence-electron chi connectivity index (χ1n) is 6.56. The van der Waals surface area contributed by atoms with Crippen molar-refractivity contribution in [3.05, 3.63) is 11.2 Å². The average Bonchev–Trinajstić information content (AvgIpc) is 2.96. The highest BCUT2D eigenvalue weighted by molar-refractivity contribution is 7.91. The third kappa shape index (κ3) is 2.72. The summed E-state index contributed by atoms with van der Waals surface area (Å²) in [7, 11) is -2.46. The third-order valence-corrected chi connectivity index (χ3v) is 6.80. The van der Waals surface area contributed by atoms with Gasteiger partial charge in [0, 0.05) is 12.6 Å². The molecule has 1 atom stereocenters. The minimum Gasteiger partial charge on any atom is -0.464 e. The molecular formula is C12H18N2O4S2. The maximum atomic E-state index is 12.7. The van der Waals surface area contributed by atoms with Crippen LogP contribution in [-0.4, -0.2) is 43.4 Å². The van der Waals surface area contributed by atoms with Crippen molar-refractivity contribution >= 4 is 27.3 Å². The standard InChI is InChI=1S/C12H18N2O4S2/c1-3-9-6-4-5-7-14(9)20(16,17)12-10(11(15)18-2)13-8-19-12/h8-9H,3-7H2,1-2H3. The minimum absolute atomic E-state index is 0.00125. The van der Waals surface area contributed by atoms with Gasteiger partial charge in [0.05, 0.1) is 12.6 Å². The van der Waals surface area contributed by atoms with Crippen molar-refractivity contribution in [1.29, 1.82) is 0 Å². The van der Waals surface area contributed by atoms with Gasteiger partial charge in [0.15, 0.2) is 9.90 Å². The Morgan fingerprint density at radius 1 is 1.55 bits per heavy atom. The van der Waals surface area contributed by atoms with Gasteiger partial charge >= 0.3 is 5.97 Å². The monoisotopic (exact) mass is 318 g/mol. The third-order valence-electron chi connectivity index (χ3n) is 3.50. The minimum atomic E-state index is -3.68. The highest BCUT2D eigenvalue weighted by Crippen LogP contribution is 2.30. The van der Waals surface area contributed by atoms with Gasteiger partial charge in [0.1, 0.15) is 0 Å². The van der Waals surface area contributed by atoms with Crippen molar-refractivity contribution in [2.75, 3.05) is 13.7 Å². The Morgan fingerprint density at radius 3 is 2.95 bits per heavy atom. The molecule has 0 bridgehead atoms. The van der Waals surface area contributed by atoms with E-state index in [0.717, 1.165) is 37.0 Å². The molecule has 2 rings (SSSR count).